The van der Waals surface area contributed by atoms with Gasteiger partial charge in [-0.15, -0.1) is 11.8 Å². The van der Waals surface area contributed by atoms with E-state index in [1.807, 2.05) is 19.1 Å². The Hall–Kier alpha value is -2.77. The van der Waals surface area contributed by atoms with Crippen LogP contribution in [-0.2, 0) is 14.4 Å². The summed E-state index contributed by atoms with van der Waals surface area (Å²) < 4.78 is 0. The lowest BCUT2D eigenvalue weighted by molar-refractivity contribution is -0.146. The summed E-state index contributed by atoms with van der Waals surface area (Å²) in [6, 6.07) is 14.3. The van der Waals surface area contributed by atoms with Gasteiger partial charge in [-0.1, -0.05) is 48.9 Å². The summed E-state index contributed by atoms with van der Waals surface area (Å²) >= 11 is 7.53. The quantitative estimate of drug-likeness (QED) is 0.350. The van der Waals surface area contributed by atoms with Gasteiger partial charge in [0.25, 0.3) is 0 Å². The zero-order valence-corrected chi connectivity index (χ0v) is 19.2. The third-order valence-corrected chi connectivity index (χ3v) is 6.95. The molecule has 0 saturated carbocycles. The van der Waals surface area contributed by atoms with Crippen LogP contribution in [0, 0.1) is 11.8 Å². The molecule has 8 heteroatoms. The lowest BCUT2D eigenvalue weighted by atomic mass is 9.82. The normalized spacial score (nSPS) is 18.6. The number of carboxylic acids is 1. The fourth-order valence-electron chi connectivity index (χ4n) is 3.52. The molecule has 3 atom stereocenters. The molecule has 2 aromatic rings. The number of nitrogens with one attached hydrogen (secondary N) is 2. The van der Waals surface area contributed by atoms with Crippen molar-refractivity contribution in [3.8, 4) is 0 Å². The first-order valence-corrected chi connectivity index (χ1v) is 11.7. The molecule has 0 aliphatic heterocycles. The SMILES string of the molecule is CCC(Sc1cccc(NC(=O)C2CC=CCC2C(=O)O)c1)C(=O)Nc1ccccc1Cl. The molecule has 3 N–H and O–H groups in total. The van der Waals surface area contributed by atoms with E-state index in [0.29, 0.717) is 35.7 Å². The van der Waals surface area contributed by atoms with Crippen LogP contribution in [0.2, 0.25) is 5.02 Å². The predicted octanol–water partition coefficient (Wildman–Crippen LogP) is 5.45. The fourth-order valence-corrected chi connectivity index (χ4v) is 4.72. The van der Waals surface area contributed by atoms with E-state index >= 15 is 0 Å². The van der Waals surface area contributed by atoms with Crippen molar-refractivity contribution in [1.29, 1.82) is 0 Å². The van der Waals surface area contributed by atoms with Gasteiger partial charge in [0.05, 0.1) is 27.8 Å². The number of anilines is 2. The number of benzene rings is 2. The molecule has 0 saturated heterocycles. The molecule has 32 heavy (non-hydrogen) atoms. The van der Waals surface area contributed by atoms with Crippen LogP contribution in [-0.4, -0.2) is 28.1 Å². The maximum atomic E-state index is 12.7. The molecule has 1 aliphatic carbocycles. The van der Waals surface area contributed by atoms with Crippen LogP contribution in [0.25, 0.3) is 0 Å². The zero-order chi connectivity index (χ0) is 23.1. The molecule has 3 rings (SSSR count). The van der Waals surface area contributed by atoms with Crippen LogP contribution in [0.1, 0.15) is 26.2 Å². The number of rotatable bonds is 8. The van der Waals surface area contributed by atoms with Crippen molar-refractivity contribution in [2.24, 2.45) is 11.8 Å². The minimum absolute atomic E-state index is 0.154. The highest BCUT2D eigenvalue weighted by molar-refractivity contribution is 8.00. The summed E-state index contributed by atoms with van der Waals surface area (Å²) in [5.74, 6) is -2.77. The van der Waals surface area contributed by atoms with E-state index in [-0.39, 0.29) is 17.1 Å². The van der Waals surface area contributed by atoms with Crippen LogP contribution in [0.4, 0.5) is 11.4 Å². The Morgan fingerprint density at radius 2 is 1.78 bits per heavy atom. The second-order valence-corrected chi connectivity index (χ2v) is 9.18. The van der Waals surface area contributed by atoms with Crippen molar-refractivity contribution in [2.45, 2.75) is 36.3 Å². The van der Waals surface area contributed by atoms with Crippen LogP contribution in [0.5, 0.6) is 0 Å². The molecule has 1 aliphatic rings. The van der Waals surface area contributed by atoms with Gasteiger partial charge >= 0.3 is 5.97 Å². The average Bonchev–Trinajstić information content (AvgIpc) is 2.79. The molecule has 168 valence electrons. The van der Waals surface area contributed by atoms with Crippen molar-refractivity contribution in [3.63, 3.8) is 0 Å². The minimum Gasteiger partial charge on any atom is -0.481 e. The number of allylic oxidation sites excluding steroid dienone is 2. The first-order valence-electron chi connectivity index (χ1n) is 10.4. The Kier molecular flexibility index (Phi) is 8.36. The maximum absolute atomic E-state index is 12.7. The number of hydrogen-bond donors (Lipinski definition) is 3. The number of hydrogen-bond acceptors (Lipinski definition) is 4. The summed E-state index contributed by atoms with van der Waals surface area (Å²) in [6.45, 7) is 1.93. The van der Waals surface area contributed by atoms with Gasteiger partial charge in [-0.3, -0.25) is 14.4 Å². The zero-order valence-electron chi connectivity index (χ0n) is 17.6. The lowest BCUT2D eigenvalue weighted by Crippen LogP contribution is -2.34. The minimum atomic E-state index is -0.964. The topological polar surface area (TPSA) is 95.5 Å². The highest BCUT2D eigenvalue weighted by Gasteiger charge is 2.34. The van der Waals surface area contributed by atoms with Crippen molar-refractivity contribution >= 4 is 52.5 Å². The average molecular weight is 473 g/mol. The lowest BCUT2D eigenvalue weighted by Gasteiger charge is -2.24. The molecular weight excluding hydrogens is 448 g/mol. The van der Waals surface area contributed by atoms with E-state index in [1.54, 1.807) is 48.5 Å². The Morgan fingerprint density at radius 1 is 1.06 bits per heavy atom. The standard InChI is InChI=1S/C24H25ClN2O4S/c1-2-21(23(29)27-20-13-6-5-12-19(20)25)32-16-9-7-8-15(14-16)26-22(28)17-10-3-4-11-18(17)24(30)31/h3-9,12-14,17-18,21H,2,10-11H2,1H3,(H,26,28)(H,27,29)(H,30,31). The largest absolute Gasteiger partial charge is 0.481 e. The van der Waals surface area contributed by atoms with E-state index in [9.17, 15) is 19.5 Å². The number of aliphatic carboxylic acids is 1. The van der Waals surface area contributed by atoms with Gasteiger partial charge in [-0.05, 0) is 49.6 Å². The Bertz CT molecular complexity index is 1030. The molecule has 0 bridgehead atoms. The maximum Gasteiger partial charge on any atom is 0.307 e. The first-order chi connectivity index (χ1) is 15.4. The summed E-state index contributed by atoms with van der Waals surface area (Å²) in [4.78, 5) is 37.8. The molecule has 0 aromatic heterocycles. The molecule has 6 nitrogen and oxygen atoms in total. The number of para-hydroxylation sites is 1. The molecule has 2 amide bonds. The third kappa shape index (κ3) is 6.14. The fraction of sp³-hybridized carbons (Fsp3) is 0.292. The van der Waals surface area contributed by atoms with E-state index < -0.39 is 17.8 Å². The Morgan fingerprint density at radius 3 is 2.47 bits per heavy atom. The molecule has 0 fully saturated rings. The second kappa shape index (κ2) is 11.2. The van der Waals surface area contributed by atoms with Crippen LogP contribution in [0.3, 0.4) is 0 Å². The van der Waals surface area contributed by atoms with Gasteiger partial charge in [-0.25, -0.2) is 0 Å². The molecule has 3 unspecified atom stereocenters. The Balaban J connectivity index is 1.66. The van der Waals surface area contributed by atoms with Crippen LogP contribution in [0.15, 0.2) is 65.6 Å². The van der Waals surface area contributed by atoms with Gasteiger partial charge in [0, 0.05) is 10.6 Å². The van der Waals surface area contributed by atoms with Gasteiger partial charge in [0.2, 0.25) is 11.8 Å². The predicted molar refractivity (Wildman–Crippen MR) is 128 cm³/mol. The Labute approximate surface area is 196 Å². The summed E-state index contributed by atoms with van der Waals surface area (Å²) in [5, 5.41) is 15.2. The van der Waals surface area contributed by atoms with Gasteiger partial charge < -0.3 is 15.7 Å². The van der Waals surface area contributed by atoms with Crippen molar-refractivity contribution in [1.82, 2.24) is 0 Å². The van der Waals surface area contributed by atoms with Gasteiger partial charge in [0.15, 0.2) is 0 Å². The van der Waals surface area contributed by atoms with E-state index in [2.05, 4.69) is 10.6 Å². The number of carboxylic acid groups (broad SMARTS) is 1. The molecule has 0 spiro atoms. The summed E-state index contributed by atoms with van der Waals surface area (Å²) in [7, 11) is 0. The summed E-state index contributed by atoms with van der Waals surface area (Å²) in [6.07, 6.45) is 5.00. The van der Waals surface area contributed by atoms with E-state index in [0.717, 1.165) is 4.90 Å². The van der Waals surface area contributed by atoms with Gasteiger partial charge in [-0.2, -0.15) is 0 Å². The number of amides is 2. The van der Waals surface area contributed by atoms with Crippen LogP contribution >= 0.6 is 23.4 Å². The number of carbonyl (C=O) groups excluding carboxylic acids is 2. The highest BCUT2D eigenvalue weighted by Crippen LogP contribution is 2.31. The van der Waals surface area contributed by atoms with Crippen molar-refractivity contribution in [3.05, 3.63) is 65.7 Å². The molecule has 2 aromatic carbocycles. The highest BCUT2D eigenvalue weighted by atomic mass is 35.5. The molecule has 0 heterocycles. The molecule has 0 radical (unpaired) electrons. The van der Waals surface area contributed by atoms with Gasteiger partial charge in [0.1, 0.15) is 0 Å². The van der Waals surface area contributed by atoms with E-state index in [4.69, 9.17) is 11.6 Å². The first kappa shape index (κ1) is 23.9. The monoisotopic (exact) mass is 472 g/mol. The van der Waals surface area contributed by atoms with Crippen LogP contribution < -0.4 is 10.6 Å². The third-order valence-electron chi connectivity index (χ3n) is 5.26. The number of halogens is 1. The smallest absolute Gasteiger partial charge is 0.307 e. The number of carbonyl (C=O) groups is 3. The molecular formula is C24H25ClN2O4S. The van der Waals surface area contributed by atoms with Crippen molar-refractivity contribution < 1.29 is 19.5 Å². The van der Waals surface area contributed by atoms with Crippen molar-refractivity contribution in [2.75, 3.05) is 10.6 Å². The number of thioether (sulfide) groups is 1. The second-order valence-electron chi connectivity index (χ2n) is 7.49. The van der Waals surface area contributed by atoms with E-state index in [1.165, 1.54) is 11.8 Å². The summed E-state index contributed by atoms with van der Waals surface area (Å²) in [5.41, 5.74) is 1.13.